The number of urea groups is 1. The number of ether oxygens (including phenoxy) is 2. The first-order valence-electron chi connectivity index (χ1n) is 8.74. The second kappa shape index (κ2) is 8.39. The van der Waals surface area contributed by atoms with Gasteiger partial charge in [0.05, 0.1) is 0 Å². The number of hydrogen-bond donors (Lipinski definition) is 2. The Morgan fingerprint density at radius 3 is 2.00 bits per heavy atom. The lowest BCUT2D eigenvalue weighted by Crippen LogP contribution is -2.51. The Hall–Kier alpha value is -3.61. The molecule has 3 rings (SSSR count). The van der Waals surface area contributed by atoms with Crippen LogP contribution in [0.3, 0.4) is 0 Å². The van der Waals surface area contributed by atoms with E-state index in [9.17, 15) is 14.4 Å². The van der Waals surface area contributed by atoms with E-state index in [0.29, 0.717) is 24.5 Å². The highest BCUT2D eigenvalue weighted by molar-refractivity contribution is 6.31. The molecule has 0 atom stereocenters. The van der Waals surface area contributed by atoms with Crippen molar-refractivity contribution in [2.45, 2.75) is 13.8 Å². The molecule has 0 bridgehead atoms. The molecule has 0 saturated carbocycles. The molecule has 1 aliphatic heterocycles. The summed E-state index contributed by atoms with van der Waals surface area (Å²) in [6.45, 7) is 4.78. The van der Waals surface area contributed by atoms with Crippen molar-refractivity contribution in [3.8, 4) is 11.5 Å². The van der Waals surface area contributed by atoms with E-state index < -0.39 is 17.8 Å². The molecule has 0 unspecified atom stereocenters. The van der Waals surface area contributed by atoms with Crippen LogP contribution in [0.25, 0.3) is 6.08 Å². The number of aryl methyl sites for hydroxylation is 2. The summed E-state index contributed by atoms with van der Waals surface area (Å²) in [5.74, 6) is 0.0611. The van der Waals surface area contributed by atoms with Gasteiger partial charge in [0.25, 0.3) is 11.8 Å². The van der Waals surface area contributed by atoms with E-state index in [1.165, 1.54) is 6.08 Å². The van der Waals surface area contributed by atoms with Crippen molar-refractivity contribution in [1.29, 1.82) is 0 Å². The van der Waals surface area contributed by atoms with Crippen molar-refractivity contribution in [2.75, 3.05) is 13.2 Å². The quantitative estimate of drug-likeness (QED) is 0.456. The van der Waals surface area contributed by atoms with Crippen molar-refractivity contribution in [3.05, 3.63) is 64.7 Å². The first-order valence-corrected chi connectivity index (χ1v) is 8.74. The summed E-state index contributed by atoms with van der Waals surface area (Å²) in [5.41, 5.74) is 2.66. The van der Waals surface area contributed by atoms with Gasteiger partial charge in [-0.2, -0.15) is 0 Å². The molecule has 2 aromatic carbocycles. The van der Waals surface area contributed by atoms with E-state index in [1.54, 1.807) is 24.3 Å². The van der Waals surface area contributed by atoms with Crippen LogP contribution in [0, 0.1) is 13.8 Å². The minimum Gasteiger partial charge on any atom is -0.490 e. The van der Waals surface area contributed by atoms with E-state index in [-0.39, 0.29) is 5.57 Å². The van der Waals surface area contributed by atoms with Crippen LogP contribution in [0.5, 0.6) is 11.5 Å². The van der Waals surface area contributed by atoms with Gasteiger partial charge < -0.3 is 9.47 Å². The van der Waals surface area contributed by atoms with Crippen LogP contribution in [0.4, 0.5) is 4.79 Å². The maximum atomic E-state index is 11.7. The fourth-order valence-electron chi connectivity index (χ4n) is 2.76. The number of hydrogen-bond acceptors (Lipinski definition) is 5. The standard InChI is InChI=1S/C21H20N2O5/c1-13-4-3-5-14(2)18(13)28-11-10-27-16-8-6-15(7-9-16)12-17-19(24)22-21(26)23-20(17)25/h3-9,12H,10-11H2,1-2H3,(H2,22,23,24,25,26). The molecule has 4 amide bonds. The van der Waals surface area contributed by atoms with Crippen molar-refractivity contribution in [2.24, 2.45) is 0 Å². The molecule has 1 heterocycles. The molecule has 0 aromatic heterocycles. The van der Waals surface area contributed by atoms with Crippen LogP contribution in [0.1, 0.15) is 16.7 Å². The third-order valence-corrected chi connectivity index (χ3v) is 4.14. The summed E-state index contributed by atoms with van der Waals surface area (Å²) >= 11 is 0. The molecule has 144 valence electrons. The highest BCUT2D eigenvalue weighted by Crippen LogP contribution is 2.22. The molecule has 0 aliphatic carbocycles. The predicted octanol–water partition coefficient (Wildman–Crippen LogP) is 2.51. The number of carbonyl (C=O) groups excluding carboxylic acids is 3. The number of imide groups is 2. The Morgan fingerprint density at radius 1 is 0.821 bits per heavy atom. The maximum Gasteiger partial charge on any atom is 0.328 e. The van der Waals surface area contributed by atoms with Gasteiger partial charge in [0.1, 0.15) is 30.3 Å². The van der Waals surface area contributed by atoms with Crippen LogP contribution < -0.4 is 20.1 Å². The van der Waals surface area contributed by atoms with Crippen molar-refractivity contribution in [3.63, 3.8) is 0 Å². The van der Waals surface area contributed by atoms with E-state index in [4.69, 9.17) is 9.47 Å². The molecule has 0 radical (unpaired) electrons. The lowest BCUT2D eigenvalue weighted by molar-refractivity contribution is -0.123. The Balaban J connectivity index is 1.55. The van der Waals surface area contributed by atoms with Gasteiger partial charge in [-0.05, 0) is 48.7 Å². The van der Waals surface area contributed by atoms with Crippen LogP contribution in [0.2, 0.25) is 0 Å². The summed E-state index contributed by atoms with van der Waals surface area (Å²) in [4.78, 5) is 34.5. The van der Waals surface area contributed by atoms with Gasteiger partial charge in [-0.15, -0.1) is 0 Å². The topological polar surface area (TPSA) is 93.7 Å². The average molecular weight is 380 g/mol. The van der Waals surface area contributed by atoms with Crippen molar-refractivity contribution < 1.29 is 23.9 Å². The average Bonchev–Trinajstić information content (AvgIpc) is 2.65. The fraction of sp³-hybridized carbons (Fsp3) is 0.190. The number of nitrogens with one attached hydrogen (secondary N) is 2. The first kappa shape index (κ1) is 19.2. The third kappa shape index (κ3) is 4.56. The normalized spacial score (nSPS) is 13.6. The molecule has 7 heteroatoms. The summed E-state index contributed by atoms with van der Waals surface area (Å²) in [6, 6.07) is 12.1. The van der Waals surface area contributed by atoms with Gasteiger partial charge in [-0.1, -0.05) is 30.3 Å². The van der Waals surface area contributed by atoms with Crippen LogP contribution in [-0.2, 0) is 9.59 Å². The zero-order valence-corrected chi connectivity index (χ0v) is 15.6. The van der Waals surface area contributed by atoms with Crippen LogP contribution in [0.15, 0.2) is 48.0 Å². The minimum absolute atomic E-state index is 0.129. The fourth-order valence-corrected chi connectivity index (χ4v) is 2.76. The lowest BCUT2D eigenvalue weighted by atomic mass is 10.1. The molecule has 1 aliphatic rings. The lowest BCUT2D eigenvalue weighted by Gasteiger charge is -2.14. The Kier molecular flexibility index (Phi) is 5.74. The Labute approximate surface area is 162 Å². The summed E-state index contributed by atoms with van der Waals surface area (Å²) in [6.07, 6.45) is 1.41. The van der Waals surface area contributed by atoms with Gasteiger partial charge in [0.15, 0.2) is 0 Å². The minimum atomic E-state index is -0.820. The van der Waals surface area contributed by atoms with Gasteiger partial charge in [0, 0.05) is 0 Å². The summed E-state index contributed by atoms with van der Waals surface area (Å²) < 4.78 is 11.5. The largest absolute Gasteiger partial charge is 0.490 e. The van der Waals surface area contributed by atoms with Gasteiger partial charge in [0.2, 0.25) is 0 Å². The summed E-state index contributed by atoms with van der Waals surface area (Å²) in [7, 11) is 0. The monoisotopic (exact) mass is 380 g/mol. The van der Waals surface area contributed by atoms with Crippen LogP contribution in [-0.4, -0.2) is 31.1 Å². The SMILES string of the molecule is Cc1cccc(C)c1OCCOc1ccc(C=C2C(=O)NC(=O)NC2=O)cc1. The molecule has 2 aromatic rings. The number of rotatable bonds is 6. The number of barbiturate groups is 1. The Bertz CT molecular complexity index is 906. The zero-order valence-electron chi connectivity index (χ0n) is 15.6. The summed E-state index contributed by atoms with van der Waals surface area (Å²) in [5, 5.41) is 4.06. The molecule has 2 N–H and O–H groups in total. The van der Waals surface area contributed by atoms with Gasteiger partial charge in [-0.3, -0.25) is 20.2 Å². The molecular formula is C21H20N2O5. The second-order valence-electron chi connectivity index (χ2n) is 6.28. The molecule has 28 heavy (non-hydrogen) atoms. The maximum absolute atomic E-state index is 11.7. The van der Waals surface area contributed by atoms with E-state index in [2.05, 4.69) is 0 Å². The predicted molar refractivity (Wildman–Crippen MR) is 103 cm³/mol. The number of amides is 4. The van der Waals surface area contributed by atoms with Crippen LogP contribution >= 0.6 is 0 Å². The van der Waals surface area contributed by atoms with E-state index in [1.807, 2.05) is 42.7 Å². The first-order chi connectivity index (χ1) is 13.4. The molecular weight excluding hydrogens is 360 g/mol. The van der Waals surface area contributed by atoms with E-state index in [0.717, 1.165) is 16.9 Å². The zero-order chi connectivity index (χ0) is 20.1. The smallest absolute Gasteiger partial charge is 0.328 e. The number of carbonyl (C=O) groups is 3. The Morgan fingerprint density at radius 2 is 1.39 bits per heavy atom. The number of benzene rings is 2. The molecule has 1 saturated heterocycles. The molecule has 0 spiro atoms. The second-order valence-corrected chi connectivity index (χ2v) is 6.28. The van der Waals surface area contributed by atoms with E-state index >= 15 is 0 Å². The molecule has 7 nitrogen and oxygen atoms in total. The van der Waals surface area contributed by atoms with Gasteiger partial charge in [-0.25, -0.2) is 4.79 Å². The molecule has 1 fully saturated rings. The third-order valence-electron chi connectivity index (χ3n) is 4.14. The van der Waals surface area contributed by atoms with Crippen molar-refractivity contribution in [1.82, 2.24) is 10.6 Å². The highest BCUT2D eigenvalue weighted by Gasteiger charge is 2.27. The number of para-hydroxylation sites is 1. The van der Waals surface area contributed by atoms with Crippen molar-refractivity contribution >= 4 is 23.9 Å². The van der Waals surface area contributed by atoms with Gasteiger partial charge >= 0.3 is 6.03 Å². The highest BCUT2D eigenvalue weighted by atomic mass is 16.5.